The van der Waals surface area contributed by atoms with Crippen molar-refractivity contribution in [3.63, 3.8) is 0 Å². The minimum atomic E-state index is -4.96. The van der Waals surface area contributed by atoms with E-state index in [2.05, 4.69) is 14.3 Å². The molecule has 2 amide bonds. The number of aromatic nitrogens is 4. The summed E-state index contributed by atoms with van der Waals surface area (Å²) in [6.45, 7) is 1.39. The van der Waals surface area contributed by atoms with Crippen LogP contribution in [0.15, 0.2) is 30.5 Å². The van der Waals surface area contributed by atoms with Gasteiger partial charge in [0.1, 0.15) is 30.4 Å². The van der Waals surface area contributed by atoms with Crippen molar-refractivity contribution in [1.29, 1.82) is 0 Å². The van der Waals surface area contributed by atoms with Crippen molar-refractivity contribution in [1.82, 2.24) is 28.5 Å². The molecule has 4 aromatic heterocycles. The van der Waals surface area contributed by atoms with Gasteiger partial charge in [0.2, 0.25) is 0 Å². The number of hydrogen-bond donors (Lipinski definition) is 2. The molecule has 0 aromatic carbocycles. The molecule has 4 aliphatic rings. The summed E-state index contributed by atoms with van der Waals surface area (Å²) >= 11 is 2.22. The van der Waals surface area contributed by atoms with Crippen LogP contribution in [0.2, 0.25) is 0 Å². The summed E-state index contributed by atoms with van der Waals surface area (Å²) in [5.41, 5.74) is 0.735. The monoisotopic (exact) mass is 1010 g/mol. The first kappa shape index (κ1) is 50.8. The average molecular weight is 1010 g/mol. The second kappa shape index (κ2) is 22.2. The van der Waals surface area contributed by atoms with Crippen molar-refractivity contribution in [2.75, 3.05) is 14.1 Å². The van der Waals surface area contributed by atoms with Gasteiger partial charge in [-0.25, -0.2) is 14.6 Å². The Bertz CT molecular complexity index is 2490. The molecule has 16 nitrogen and oxygen atoms in total. The summed E-state index contributed by atoms with van der Waals surface area (Å²) in [5, 5.41) is 19.8. The summed E-state index contributed by atoms with van der Waals surface area (Å²) in [4.78, 5) is 63.7. The van der Waals surface area contributed by atoms with Crippen LogP contribution < -0.4 is 9.47 Å². The predicted octanol–water partition coefficient (Wildman–Crippen LogP) is 10.6. The van der Waals surface area contributed by atoms with Gasteiger partial charge in [-0.15, -0.1) is 0 Å². The van der Waals surface area contributed by atoms with Crippen LogP contribution in [0.4, 0.5) is 22.8 Å². The zero-order chi connectivity index (χ0) is 49.7. The largest absolute Gasteiger partial charge is 0.489 e. The number of alkyl halides is 3. The molecule has 2 N–H and O–H groups in total. The Labute approximate surface area is 412 Å². The number of aliphatic carboxylic acids is 2. The topological polar surface area (TPSA) is 204 Å². The van der Waals surface area contributed by atoms with Crippen molar-refractivity contribution in [3.05, 3.63) is 57.0 Å². The van der Waals surface area contributed by atoms with Crippen LogP contribution >= 0.6 is 23.1 Å². The van der Waals surface area contributed by atoms with E-state index in [1.165, 1.54) is 12.1 Å². The Morgan fingerprint density at radius 3 is 1.91 bits per heavy atom. The highest BCUT2D eigenvalue weighted by molar-refractivity contribution is 7.06. The fourth-order valence-electron chi connectivity index (χ4n) is 10.4. The molecular formula is C49H59F3N6O10S2. The number of amides is 2. The maximum atomic E-state index is 14.9. The molecule has 1 unspecified atom stereocenters. The molecule has 0 spiro atoms. The second-order valence-corrected chi connectivity index (χ2v) is 21.0. The third-order valence-electron chi connectivity index (χ3n) is 14.4. The van der Waals surface area contributed by atoms with Crippen molar-refractivity contribution in [2.24, 2.45) is 17.8 Å². The van der Waals surface area contributed by atoms with Crippen molar-refractivity contribution >= 4 is 47.2 Å². The first-order valence-corrected chi connectivity index (χ1v) is 25.6. The molecule has 21 heteroatoms. The Morgan fingerprint density at radius 2 is 1.30 bits per heavy atom. The molecule has 4 aliphatic carbocycles. The quantitative estimate of drug-likeness (QED) is 0.107. The maximum absolute atomic E-state index is 14.9. The summed E-state index contributed by atoms with van der Waals surface area (Å²) in [6.07, 6.45) is 5.10. The lowest BCUT2D eigenvalue weighted by Crippen LogP contribution is -2.36. The van der Waals surface area contributed by atoms with Crippen LogP contribution in [0.25, 0.3) is 22.8 Å². The number of pyridine rings is 2. The minimum Gasteiger partial charge on any atom is -0.489 e. The molecule has 4 aromatic rings. The average Bonchev–Trinajstić information content (AvgIpc) is 4.19. The van der Waals surface area contributed by atoms with E-state index in [4.69, 9.17) is 23.3 Å². The summed E-state index contributed by atoms with van der Waals surface area (Å²) in [5.74, 6) is -3.80. The fraction of sp³-hybridized carbons (Fsp3) is 0.592. The normalized spacial score (nSPS) is 22.1. The molecule has 4 saturated carbocycles. The summed E-state index contributed by atoms with van der Waals surface area (Å²) in [7, 11) is 3.40. The second-order valence-electron chi connectivity index (χ2n) is 19.1. The molecule has 0 bridgehead atoms. The summed E-state index contributed by atoms with van der Waals surface area (Å²) in [6, 6.07) is 6.15. The number of rotatable bonds is 16. The maximum Gasteiger partial charge on any atom is 0.437 e. The Hall–Kier alpha value is -5.57. The number of hydrogen-bond acceptors (Lipinski definition) is 14. The first-order chi connectivity index (χ1) is 33.5. The lowest BCUT2D eigenvalue weighted by molar-refractivity contribution is -0.147. The number of halogens is 3. The van der Waals surface area contributed by atoms with Gasteiger partial charge in [0.05, 0.1) is 41.6 Å². The van der Waals surface area contributed by atoms with Crippen molar-refractivity contribution in [3.8, 4) is 34.3 Å². The number of ether oxygens (including phenoxy) is 4. The molecule has 0 aliphatic heterocycles. The Balaban J connectivity index is 1.00. The van der Waals surface area contributed by atoms with Crippen molar-refractivity contribution in [2.45, 2.75) is 153 Å². The molecule has 8 rings (SSSR count). The third-order valence-corrected chi connectivity index (χ3v) is 16.1. The molecule has 0 radical (unpaired) electrons. The molecule has 4 heterocycles. The highest BCUT2D eigenvalue weighted by Crippen LogP contribution is 2.42. The van der Waals surface area contributed by atoms with E-state index in [9.17, 15) is 42.6 Å². The van der Waals surface area contributed by atoms with E-state index in [0.29, 0.717) is 50.9 Å². The fourth-order valence-corrected chi connectivity index (χ4v) is 12.1. The Morgan fingerprint density at radius 1 is 0.700 bits per heavy atom. The molecule has 378 valence electrons. The molecule has 4 fully saturated rings. The molecule has 0 saturated heterocycles. The zero-order valence-electron chi connectivity index (χ0n) is 39.5. The van der Waals surface area contributed by atoms with Gasteiger partial charge in [0, 0.05) is 47.1 Å². The van der Waals surface area contributed by atoms with Crippen LogP contribution in [0.1, 0.15) is 123 Å². The lowest BCUT2D eigenvalue weighted by Gasteiger charge is -2.33. The zero-order valence-corrected chi connectivity index (χ0v) is 41.1. The predicted molar refractivity (Wildman–Crippen MR) is 251 cm³/mol. The highest BCUT2D eigenvalue weighted by Gasteiger charge is 2.41. The Kier molecular flexibility index (Phi) is 16.1. The molecular weight excluding hydrogens is 954 g/mol. The highest BCUT2D eigenvalue weighted by atomic mass is 32.1. The number of carboxylic acid groups (broad SMARTS) is 2. The van der Waals surface area contributed by atoms with Gasteiger partial charge < -0.3 is 39.0 Å². The van der Waals surface area contributed by atoms with Crippen LogP contribution in [-0.2, 0) is 44.9 Å². The number of carbonyl (C=O) groups is 4. The van der Waals surface area contributed by atoms with Gasteiger partial charge in [0.15, 0.2) is 11.4 Å². The van der Waals surface area contributed by atoms with E-state index in [1.807, 2.05) is 0 Å². The SMILES string of the molecule is Cc1snc(-c2ccc(O[C@H]3CC(Cc4snc(-c5ccc(O[C@H]6CCC[C@H](C(=O)O)C6)cn5)c4COC(=O)N(C)C4CCCC4)C[C@H](C(=O)O)C3)c(C(F)(F)F)n2)c1COC(=O)N(C)C1CCCC1. The van der Waals surface area contributed by atoms with Crippen LogP contribution in [0.5, 0.6) is 11.5 Å². The summed E-state index contributed by atoms with van der Waals surface area (Å²) < 4.78 is 77.5. The van der Waals surface area contributed by atoms with Gasteiger partial charge in [0.25, 0.3) is 0 Å². The lowest BCUT2D eigenvalue weighted by atomic mass is 9.77. The van der Waals surface area contributed by atoms with Gasteiger partial charge in [-0.05, 0) is 137 Å². The number of nitrogens with zero attached hydrogens (tertiary/aromatic N) is 6. The van der Waals surface area contributed by atoms with Gasteiger partial charge in [-0.1, -0.05) is 25.7 Å². The third kappa shape index (κ3) is 12.1. The van der Waals surface area contributed by atoms with Crippen LogP contribution in [0, 0.1) is 24.7 Å². The van der Waals surface area contributed by atoms with E-state index in [-0.39, 0.29) is 74.4 Å². The van der Waals surface area contributed by atoms with E-state index in [0.717, 1.165) is 87.3 Å². The molecule has 70 heavy (non-hydrogen) atoms. The van der Waals surface area contributed by atoms with E-state index >= 15 is 0 Å². The minimum absolute atomic E-state index is 0.0386. The number of carbonyl (C=O) groups excluding carboxylic acids is 2. The van der Waals surface area contributed by atoms with Crippen LogP contribution in [0.3, 0.4) is 0 Å². The van der Waals surface area contributed by atoms with Crippen molar-refractivity contribution < 1.29 is 61.5 Å². The van der Waals surface area contributed by atoms with Gasteiger partial charge in [-0.2, -0.15) is 21.9 Å². The molecule has 5 atom stereocenters. The van der Waals surface area contributed by atoms with Gasteiger partial charge in [-0.3, -0.25) is 14.6 Å². The number of carboxylic acids is 2. The standard InChI is InChI=1S/C49H59F3N6O10S2/c1-27-36(25-65-47(63)57(2)31-10-4-5-11-31)42(55-69-27)39-17-18-40(44(54-39)49(50,51)52)68-35-20-28(19-30(23-35)46(61)62)21-41-37(26-66-48(64)58(3)32-12-6-7-13-32)43(56-70-41)38-16-15-34(24-53-38)67-33-14-8-9-29(22-33)45(59)60/h15-18,24,28-33,35H,4-14,19-23,25-26H2,1-3H3,(H,59,60)(H,61,62)/t28?,29-,30-,33-,35-/m0/s1. The van der Waals surface area contributed by atoms with Gasteiger partial charge >= 0.3 is 30.3 Å². The first-order valence-electron chi connectivity index (χ1n) is 24.1. The smallest absolute Gasteiger partial charge is 0.437 e. The van der Waals surface area contributed by atoms with E-state index < -0.39 is 59.7 Å². The van der Waals surface area contributed by atoms with Crippen LogP contribution in [-0.4, -0.2) is 101 Å². The van der Waals surface area contributed by atoms with E-state index in [1.54, 1.807) is 49.1 Å². The number of aryl methyl sites for hydroxylation is 1.